The lowest BCUT2D eigenvalue weighted by molar-refractivity contribution is -0.201. The molecule has 0 radical (unpaired) electrons. The van der Waals surface area contributed by atoms with Crippen LogP contribution in [0.1, 0.15) is 76.4 Å². The average molecular weight is 628 g/mol. The molecule has 0 amide bonds. The lowest BCUT2D eigenvalue weighted by atomic mass is 9.46. The molecule has 0 aromatic heterocycles. The second-order valence-corrected chi connectivity index (χ2v) is 14.9. The number of aliphatic hydroxyl groups is 2. The summed E-state index contributed by atoms with van der Waals surface area (Å²) in [6.45, 7) is 7.63. The number of Topliss-reactive ketones (excluding diaryl/α,β-unsaturated/α-hetero) is 1. The number of phenolic OH excluding ortho intramolecular Hbond substituents is 1. The van der Waals surface area contributed by atoms with Crippen molar-refractivity contribution in [2.75, 3.05) is 11.9 Å². The number of benzene rings is 2. The van der Waals surface area contributed by atoms with Crippen LogP contribution in [-0.4, -0.2) is 57.3 Å². The third-order valence-corrected chi connectivity index (χ3v) is 12.0. The summed E-state index contributed by atoms with van der Waals surface area (Å²) in [5.74, 6) is -0.322. The normalized spacial score (nSPS) is 37.7. The Morgan fingerprint density at radius 2 is 1.96 bits per heavy atom. The summed E-state index contributed by atoms with van der Waals surface area (Å²) in [6.07, 6.45) is 6.05. The lowest BCUT2D eigenvalue weighted by Gasteiger charge is -2.59. The Kier molecular flexibility index (Phi) is 7.59. The molecular formula is C38H45NO7. The highest BCUT2D eigenvalue weighted by Crippen LogP contribution is 2.70. The first kappa shape index (κ1) is 31.3. The van der Waals surface area contributed by atoms with Crippen LogP contribution in [0.4, 0.5) is 5.69 Å². The molecule has 2 aromatic carbocycles. The van der Waals surface area contributed by atoms with Crippen molar-refractivity contribution in [3.63, 3.8) is 0 Å². The van der Waals surface area contributed by atoms with E-state index in [0.717, 1.165) is 35.2 Å². The van der Waals surface area contributed by atoms with Crippen molar-refractivity contribution in [1.29, 1.82) is 0 Å². The van der Waals surface area contributed by atoms with Crippen LogP contribution in [0.25, 0.3) is 0 Å². The molecule has 4 N–H and O–H groups in total. The number of allylic oxidation sites excluding steroid dienone is 4. The van der Waals surface area contributed by atoms with E-state index in [1.54, 1.807) is 18.2 Å². The number of phenols is 1. The van der Waals surface area contributed by atoms with E-state index < -0.39 is 47.3 Å². The van der Waals surface area contributed by atoms with Gasteiger partial charge >= 0.3 is 0 Å². The molecule has 9 atom stereocenters. The zero-order valence-corrected chi connectivity index (χ0v) is 27.0. The maximum absolute atomic E-state index is 13.8. The van der Waals surface area contributed by atoms with Crippen molar-refractivity contribution in [2.45, 2.75) is 89.9 Å². The summed E-state index contributed by atoms with van der Waals surface area (Å²) < 4.78 is 13.2. The quantitative estimate of drug-likeness (QED) is 0.322. The van der Waals surface area contributed by atoms with E-state index in [0.29, 0.717) is 30.9 Å². The number of fused-ring (bicyclic) bond motifs is 7. The van der Waals surface area contributed by atoms with Gasteiger partial charge in [-0.05, 0) is 92.8 Å². The van der Waals surface area contributed by atoms with Crippen LogP contribution in [0.5, 0.6) is 5.75 Å². The first-order valence-electron chi connectivity index (χ1n) is 16.7. The molecule has 0 bridgehead atoms. The van der Waals surface area contributed by atoms with Crippen LogP contribution in [0, 0.1) is 28.6 Å². The Balaban J connectivity index is 1.16. The van der Waals surface area contributed by atoms with E-state index in [4.69, 9.17) is 9.47 Å². The predicted octanol–water partition coefficient (Wildman–Crippen LogP) is 5.41. The van der Waals surface area contributed by atoms with Crippen LogP contribution in [-0.2, 0) is 25.5 Å². The number of hydrogen-bond acceptors (Lipinski definition) is 8. The van der Waals surface area contributed by atoms with Gasteiger partial charge in [-0.15, -0.1) is 0 Å². The van der Waals surface area contributed by atoms with E-state index in [1.165, 1.54) is 0 Å². The van der Waals surface area contributed by atoms with Crippen molar-refractivity contribution in [3.8, 4) is 5.75 Å². The molecule has 4 aliphatic carbocycles. The minimum Gasteiger partial charge on any atom is -0.508 e. The molecule has 4 fully saturated rings. The Morgan fingerprint density at radius 1 is 1.15 bits per heavy atom. The zero-order valence-electron chi connectivity index (χ0n) is 27.0. The molecule has 8 nitrogen and oxygen atoms in total. The molecule has 0 spiro atoms. The van der Waals surface area contributed by atoms with Crippen molar-refractivity contribution in [3.05, 3.63) is 83.0 Å². The summed E-state index contributed by atoms with van der Waals surface area (Å²) >= 11 is 0. The van der Waals surface area contributed by atoms with E-state index in [2.05, 4.69) is 32.2 Å². The number of nitrogens with one attached hydrogen (secondary N) is 1. The van der Waals surface area contributed by atoms with Gasteiger partial charge in [0.2, 0.25) is 0 Å². The Hall–Kier alpha value is -3.30. The number of carbonyl (C=O) groups excluding carboxylic acids is 2. The van der Waals surface area contributed by atoms with E-state index in [1.807, 2.05) is 43.3 Å². The third kappa shape index (κ3) is 4.63. The topological polar surface area (TPSA) is 125 Å². The fourth-order valence-corrected chi connectivity index (χ4v) is 10.0. The van der Waals surface area contributed by atoms with Gasteiger partial charge in [-0.3, -0.25) is 9.59 Å². The highest BCUT2D eigenvalue weighted by molar-refractivity contribution is 6.01. The summed E-state index contributed by atoms with van der Waals surface area (Å²) in [5, 5.41) is 36.6. The number of anilines is 1. The summed E-state index contributed by atoms with van der Waals surface area (Å²) in [5.41, 5.74) is 1.87. The third-order valence-electron chi connectivity index (χ3n) is 12.0. The summed E-state index contributed by atoms with van der Waals surface area (Å²) in [7, 11) is 0. The standard InChI is InChI=1S/C38H45NO7/c1-21(2)39-26-7-5-6-22(15-26)14-23-8-9-24(16-30(23)42)35-45-33-18-29-28-11-10-25-17-27(41)12-13-36(25,3)34(28)31(43)19-37(29,4)38(33,46-35)32(44)20-40/h5-9,12-13,15-17,21,28-29,31,33-35,39-40,42-43H,10-11,14,18-20H2,1-4H3/t28-,29-,31-,33+,34+,35-,36-,37-,38+/m0/s1. The number of carbonyl (C=O) groups is 2. The smallest absolute Gasteiger partial charge is 0.193 e. The highest BCUT2D eigenvalue weighted by Gasteiger charge is 2.75. The van der Waals surface area contributed by atoms with Gasteiger partial charge in [0.05, 0.1) is 12.2 Å². The Labute approximate surface area is 270 Å². The molecule has 5 aliphatic rings. The van der Waals surface area contributed by atoms with Crippen molar-refractivity contribution in [2.24, 2.45) is 28.6 Å². The van der Waals surface area contributed by atoms with Crippen molar-refractivity contribution >= 4 is 17.3 Å². The second-order valence-electron chi connectivity index (χ2n) is 14.9. The predicted molar refractivity (Wildman–Crippen MR) is 173 cm³/mol. The van der Waals surface area contributed by atoms with Crippen LogP contribution in [0.15, 0.2) is 66.3 Å². The van der Waals surface area contributed by atoms with Crippen molar-refractivity contribution in [1.82, 2.24) is 0 Å². The molecule has 2 aromatic rings. The molecule has 8 heteroatoms. The SMILES string of the molecule is CC(C)Nc1cccc(Cc2ccc([C@H]3O[C@@H]4C[C@H]5[C@@H]6CCC7=CC(=O)C=C[C@]7(C)[C@H]6[C@@H](O)C[C@]5(C)[C@]4(C(=O)CO)O3)cc2O)c1. The van der Waals surface area contributed by atoms with E-state index in [-0.39, 0.29) is 29.3 Å². The van der Waals surface area contributed by atoms with E-state index in [9.17, 15) is 24.9 Å². The van der Waals surface area contributed by atoms with Gasteiger partial charge in [0.25, 0.3) is 0 Å². The molecule has 7 rings (SSSR count). The van der Waals surface area contributed by atoms with Crippen LogP contribution >= 0.6 is 0 Å². The van der Waals surface area contributed by atoms with Gasteiger partial charge in [0.1, 0.15) is 12.4 Å². The van der Waals surface area contributed by atoms with Crippen LogP contribution in [0.3, 0.4) is 0 Å². The fourth-order valence-electron chi connectivity index (χ4n) is 10.0. The number of rotatable bonds is 7. The molecule has 1 heterocycles. The van der Waals surface area contributed by atoms with Crippen LogP contribution in [0.2, 0.25) is 0 Å². The van der Waals surface area contributed by atoms with Gasteiger partial charge in [-0.1, -0.05) is 49.8 Å². The Bertz CT molecular complexity index is 1630. The summed E-state index contributed by atoms with van der Waals surface area (Å²) in [6, 6.07) is 13.8. The molecule has 1 aliphatic heterocycles. The molecule has 46 heavy (non-hydrogen) atoms. The minimum absolute atomic E-state index is 0.0102. The number of ketones is 2. The van der Waals surface area contributed by atoms with Gasteiger partial charge in [0, 0.05) is 40.5 Å². The minimum atomic E-state index is -1.43. The number of ether oxygens (including phenoxy) is 2. The van der Waals surface area contributed by atoms with Gasteiger partial charge < -0.3 is 30.1 Å². The van der Waals surface area contributed by atoms with Gasteiger partial charge in [0.15, 0.2) is 23.5 Å². The van der Waals surface area contributed by atoms with Gasteiger partial charge in [-0.25, -0.2) is 0 Å². The largest absolute Gasteiger partial charge is 0.508 e. The molecule has 0 unspecified atom stereocenters. The second kappa shape index (κ2) is 11.2. The number of aliphatic hydroxyl groups excluding tert-OH is 2. The molecule has 1 saturated heterocycles. The van der Waals surface area contributed by atoms with Crippen molar-refractivity contribution < 1.29 is 34.4 Å². The number of hydrogen-bond donors (Lipinski definition) is 4. The van der Waals surface area contributed by atoms with E-state index >= 15 is 0 Å². The highest BCUT2D eigenvalue weighted by atomic mass is 16.7. The monoisotopic (exact) mass is 627 g/mol. The molecule has 3 saturated carbocycles. The summed E-state index contributed by atoms with van der Waals surface area (Å²) in [4.78, 5) is 26.0. The zero-order chi connectivity index (χ0) is 32.6. The molecular weight excluding hydrogens is 582 g/mol. The first-order chi connectivity index (χ1) is 21.9. The van der Waals surface area contributed by atoms with Crippen LogP contribution < -0.4 is 5.32 Å². The Morgan fingerprint density at radius 3 is 2.70 bits per heavy atom. The van der Waals surface area contributed by atoms with Gasteiger partial charge in [-0.2, -0.15) is 0 Å². The molecule has 244 valence electrons. The maximum Gasteiger partial charge on any atom is 0.193 e. The fraction of sp³-hybridized carbons (Fsp3) is 0.526. The average Bonchev–Trinajstić information content (AvgIpc) is 3.51. The maximum atomic E-state index is 13.8. The number of aromatic hydroxyl groups is 1. The first-order valence-corrected chi connectivity index (χ1v) is 16.7. The lowest BCUT2D eigenvalue weighted by Crippen LogP contribution is -2.63.